The van der Waals surface area contributed by atoms with E-state index in [4.69, 9.17) is 28.8 Å². The number of aryl methyl sites for hydroxylation is 2. The Morgan fingerprint density at radius 1 is 1.00 bits per heavy atom. The summed E-state index contributed by atoms with van der Waals surface area (Å²) in [6.07, 6.45) is 2.84. The minimum atomic E-state index is -0.0797. The molecule has 0 spiro atoms. The smallest absolute Gasteiger partial charge is 0.174 e. The average molecular weight is 501 g/mol. The highest BCUT2D eigenvalue weighted by molar-refractivity contribution is 7.80. The zero-order valence-corrected chi connectivity index (χ0v) is 22.0. The van der Waals surface area contributed by atoms with E-state index in [9.17, 15) is 0 Å². The van der Waals surface area contributed by atoms with Crippen molar-refractivity contribution in [1.29, 1.82) is 0 Å². The van der Waals surface area contributed by atoms with Crippen LogP contribution in [0.1, 0.15) is 52.8 Å². The second kappa shape index (κ2) is 9.48. The topological polar surface area (TPSA) is 33.1 Å². The third kappa shape index (κ3) is 4.13. The van der Waals surface area contributed by atoms with Gasteiger partial charge in [-0.15, -0.1) is 0 Å². The van der Waals surface area contributed by atoms with Gasteiger partial charge in [0.05, 0.1) is 17.8 Å². The molecule has 2 aromatic heterocycles. The van der Waals surface area contributed by atoms with E-state index in [0.717, 1.165) is 39.8 Å². The molecule has 1 aliphatic heterocycles. The van der Waals surface area contributed by atoms with Gasteiger partial charge in [0.25, 0.3) is 0 Å². The summed E-state index contributed by atoms with van der Waals surface area (Å²) in [5, 5.41) is 5.05. The lowest BCUT2D eigenvalue weighted by molar-refractivity contribution is 0.565. The first-order chi connectivity index (χ1) is 16.9. The number of anilines is 1. The molecule has 0 bridgehead atoms. The standard InChI is InChI=1S/C29H29ClN4S/c1-5-21-12-14-22(15-13-21)34-28(27(32-29(34)35)25-10-6-7-16-31-25)23-17-18(2)33(20(23)4)26-11-8-9-24(30)19(26)3/h6-17,27-28H,5H2,1-4H3,(H,32,35)/t27-,28-/m1/s1. The summed E-state index contributed by atoms with van der Waals surface area (Å²) in [6.45, 7) is 8.57. The number of nitrogens with one attached hydrogen (secondary N) is 1. The molecule has 3 heterocycles. The monoisotopic (exact) mass is 500 g/mol. The molecule has 0 saturated carbocycles. The highest BCUT2D eigenvalue weighted by atomic mass is 35.5. The maximum atomic E-state index is 6.50. The van der Waals surface area contributed by atoms with Crippen LogP contribution in [-0.4, -0.2) is 14.7 Å². The van der Waals surface area contributed by atoms with Crippen LogP contribution in [0.4, 0.5) is 5.69 Å². The molecule has 0 amide bonds. The quantitative estimate of drug-likeness (QED) is 0.294. The molecule has 0 radical (unpaired) electrons. The van der Waals surface area contributed by atoms with Gasteiger partial charge < -0.3 is 14.8 Å². The average Bonchev–Trinajstić information content (AvgIpc) is 3.36. The summed E-state index contributed by atoms with van der Waals surface area (Å²) in [5.74, 6) is 0. The molecule has 1 saturated heterocycles. The number of pyridine rings is 1. The van der Waals surface area contributed by atoms with Crippen LogP contribution in [0, 0.1) is 20.8 Å². The van der Waals surface area contributed by atoms with Gasteiger partial charge in [0.1, 0.15) is 0 Å². The third-order valence-electron chi connectivity index (χ3n) is 6.99. The molecule has 2 atom stereocenters. The van der Waals surface area contributed by atoms with Gasteiger partial charge in [-0.2, -0.15) is 0 Å². The Balaban J connectivity index is 1.68. The summed E-state index contributed by atoms with van der Waals surface area (Å²) in [7, 11) is 0. The first kappa shape index (κ1) is 23.6. The van der Waals surface area contributed by atoms with Crippen LogP contribution in [0.2, 0.25) is 5.02 Å². The predicted octanol–water partition coefficient (Wildman–Crippen LogP) is 7.19. The number of aromatic nitrogens is 2. The van der Waals surface area contributed by atoms with Gasteiger partial charge in [-0.3, -0.25) is 4.98 Å². The lowest BCUT2D eigenvalue weighted by atomic mass is 9.96. The van der Waals surface area contributed by atoms with E-state index in [2.05, 4.69) is 84.9 Å². The number of halogens is 1. The van der Waals surface area contributed by atoms with E-state index < -0.39 is 0 Å². The highest BCUT2D eigenvalue weighted by Gasteiger charge is 2.42. The number of thiocarbonyl (C=S) groups is 1. The summed E-state index contributed by atoms with van der Waals surface area (Å²) >= 11 is 12.4. The zero-order valence-electron chi connectivity index (χ0n) is 20.4. The minimum Gasteiger partial charge on any atom is -0.351 e. The molecule has 0 aliphatic carbocycles. The van der Waals surface area contributed by atoms with Crippen molar-refractivity contribution >= 4 is 34.6 Å². The fraction of sp³-hybridized carbons (Fsp3) is 0.241. The van der Waals surface area contributed by atoms with Crippen molar-refractivity contribution in [2.75, 3.05) is 4.90 Å². The van der Waals surface area contributed by atoms with Gasteiger partial charge in [-0.05, 0) is 98.6 Å². The van der Waals surface area contributed by atoms with Gasteiger partial charge in [-0.25, -0.2) is 0 Å². The van der Waals surface area contributed by atoms with Crippen LogP contribution in [-0.2, 0) is 6.42 Å². The van der Waals surface area contributed by atoms with E-state index in [0.29, 0.717) is 5.11 Å². The van der Waals surface area contributed by atoms with Crippen LogP contribution >= 0.6 is 23.8 Å². The molecular weight excluding hydrogens is 472 g/mol. The van der Waals surface area contributed by atoms with Gasteiger partial charge in [0.2, 0.25) is 0 Å². The predicted molar refractivity (Wildman–Crippen MR) is 149 cm³/mol. The van der Waals surface area contributed by atoms with Crippen LogP contribution < -0.4 is 10.2 Å². The lowest BCUT2D eigenvalue weighted by Gasteiger charge is -2.28. The molecule has 1 fully saturated rings. The van der Waals surface area contributed by atoms with Crippen LogP contribution in [0.5, 0.6) is 0 Å². The Morgan fingerprint density at radius 2 is 1.77 bits per heavy atom. The number of nitrogens with zero attached hydrogens (tertiary/aromatic N) is 3. The van der Waals surface area contributed by atoms with Gasteiger partial charge in [-0.1, -0.05) is 42.8 Å². The number of hydrogen-bond acceptors (Lipinski definition) is 2. The summed E-state index contributed by atoms with van der Waals surface area (Å²) in [6, 6.07) is 23.0. The van der Waals surface area contributed by atoms with Gasteiger partial charge >= 0.3 is 0 Å². The first-order valence-corrected chi connectivity index (χ1v) is 12.7. The van der Waals surface area contributed by atoms with E-state index in [-0.39, 0.29) is 12.1 Å². The Bertz CT molecular complexity index is 1380. The fourth-order valence-electron chi connectivity index (χ4n) is 5.14. The SMILES string of the molecule is CCc1ccc(N2C(=S)N[C@H](c3ccccn3)[C@H]2c2cc(C)n(-c3cccc(Cl)c3C)c2C)cc1. The molecule has 6 heteroatoms. The highest BCUT2D eigenvalue weighted by Crippen LogP contribution is 2.44. The molecule has 1 N–H and O–H groups in total. The van der Waals surface area contributed by atoms with Crippen molar-refractivity contribution in [2.24, 2.45) is 0 Å². The van der Waals surface area contributed by atoms with E-state index in [1.54, 1.807) is 0 Å². The van der Waals surface area contributed by atoms with Crippen LogP contribution in [0.15, 0.2) is 72.9 Å². The number of benzene rings is 2. The lowest BCUT2D eigenvalue weighted by Crippen LogP contribution is -2.29. The molecule has 2 aromatic carbocycles. The van der Waals surface area contributed by atoms with E-state index in [1.807, 2.05) is 30.5 Å². The molecule has 5 rings (SSSR count). The first-order valence-electron chi connectivity index (χ1n) is 11.9. The largest absolute Gasteiger partial charge is 0.351 e. The summed E-state index contributed by atoms with van der Waals surface area (Å²) in [4.78, 5) is 6.94. The van der Waals surface area contributed by atoms with E-state index >= 15 is 0 Å². The molecule has 0 unspecified atom stereocenters. The Kier molecular flexibility index (Phi) is 6.39. The van der Waals surface area contributed by atoms with Gasteiger partial charge in [0, 0.05) is 34.0 Å². The number of hydrogen-bond donors (Lipinski definition) is 1. The second-order valence-corrected chi connectivity index (χ2v) is 9.86. The number of rotatable bonds is 5. The Labute approximate surface area is 217 Å². The Hall–Kier alpha value is -3.15. The van der Waals surface area contributed by atoms with Crippen LogP contribution in [0.3, 0.4) is 0 Å². The molecule has 1 aliphatic rings. The van der Waals surface area contributed by atoms with Crippen molar-refractivity contribution in [3.05, 3.63) is 112 Å². The molecule has 4 aromatic rings. The normalized spacial score (nSPS) is 17.6. The summed E-state index contributed by atoms with van der Waals surface area (Å²) in [5.41, 5.74) is 9.05. The van der Waals surface area contributed by atoms with Crippen molar-refractivity contribution in [1.82, 2.24) is 14.9 Å². The molecule has 35 heavy (non-hydrogen) atoms. The van der Waals surface area contributed by atoms with Crippen molar-refractivity contribution < 1.29 is 0 Å². The molecule has 4 nitrogen and oxygen atoms in total. The molecular formula is C29H29ClN4S. The second-order valence-electron chi connectivity index (χ2n) is 9.06. The Morgan fingerprint density at radius 3 is 2.46 bits per heavy atom. The van der Waals surface area contributed by atoms with Crippen molar-refractivity contribution in [3.63, 3.8) is 0 Å². The maximum absolute atomic E-state index is 6.50. The van der Waals surface area contributed by atoms with Crippen LogP contribution in [0.25, 0.3) is 5.69 Å². The zero-order chi connectivity index (χ0) is 24.7. The molecule has 178 valence electrons. The summed E-state index contributed by atoms with van der Waals surface area (Å²) < 4.78 is 2.30. The van der Waals surface area contributed by atoms with Crippen molar-refractivity contribution in [3.8, 4) is 5.69 Å². The van der Waals surface area contributed by atoms with E-state index in [1.165, 1.54) is 16.8 Å². The van der Waals surface area contributed by atoms with Crippen molar-refractivity contribution in [2.45, 2.75) is 46.2 Å². The van der Waals surface area contributed by atoms with Gasteiger partial charge in [0.15, 0.2) is 5.11 Å². The fourth-order valence-corrected chi connectivity index (χ4v) is 5.65. The maximum Gasteiger partial charge on any atom is 0.174 e. The minimum absolute atomic E-state index is 0.0516. The third-order valence-corrected chi connectivity index (χ3v) is 7.71.